The van der Waals surface area contributed by atoms with Crippen molar-refractivity contribution in [2.24, 2.45) is 0 Å². The van der Waals surface area contributed by atoms with Crippen LogP contribution in [-0.4, -0.2) is 32.7 Å². The van der Waals surface area contributed by atoms with Gasteiger partial charge in [0.05, 0.1) is 16.1 Å². The van der Waals surface area contributed by atoms with E-state index in [4.69, 9.17) is 27.9 Å². The van der Waals surface area contributed by atoms with Crippen LogP contribution >= 0.6 is 23.2 Å². The molecule has 0 atom stereocenters. The Hall–Kier alpha value is -2.08. The van der Waals surface area contributed by atoms with Gasteiger partial charge in [0.2, 0.25) is 0 Å². The smallest absolute Gasteiger partial charge is 0.417 e. The summed E-state index contributed by atoms with van der Waals surface area (Å²) in [5.74, 6) is -2.33. The summed E-state index contributed by atoms with van der Waals surface area (Å²) in [6, 6.07) is 4.48. The lowest BCUT2D eigenvalue weighted by atomic mass is 10.1. The molecule has 1 N–H and O–H groups in total. The molecular weight excluding hydrogens is 475 g/mol. The van der Waals surface area contributed by atoms with Crippen molar-refractivity contribution in [1.82, 2.24) is 9.03 Å². The van der Waals surface area contributed by atoms with Gasteiger partial charge in [-0.1, -0.05) is 23.2 Å². The number of benzene rings is 2. The molecular formula is C17H14Cl2F4N2O4S. The number of amides is 1. The molecule has 2 aromatic rings. The van der Waals surface area contributed by atoms with Crippen LogP contribution in [0.4, 0.5) is 17.6 Å². The van der Waals surface area contributed by atoms with E-state index < -0.39 is 44.3 Å². The Labute approximate surface area is 179 Å². The van der Waals surface area contributed by atoms with E-state index in [0.29, 0.717) is 0 Å². The third-order valence-electron chi connectivity index (χ3n) is 3.72. The van der Waals surface area contributed by atoms with E-state index in [1.807, 2.05) is 0 Å². The fraction of sp³-hybridized carbons (Fsp3) is 0.235. The summed E-state index contributed by atoms with van der Waals surface area (Å²) in [7, 11) is -1.80. The normalized spacial score (nSPS) is 12.2. The minimum atomic E-state index is -4.63. The van der Waals surface area contributed by atoms with Gasteiger partial charge in [0.25, 0.3) is 5.91 Å². The summed E-state index contributed by atoms with van der Waals surface area (Å²) in [5.41, 5.74) is -1.59. The molecule has 0 saturated carbocycles. The van der Waals surface area contributed by atoms with Crippen LogP contribution in [0.2, 0.25) is 10.0 Å². The average Bonchev–Trinajstić information content (AvgIpc) is 2.60. The van der Waals surface area contributed by atoms with Crippen molar-refractivity contribution in [3.63, 3.8) is 0 Å². The van der Waals surface area contributed by atoms with Gasteiger partial charge < -0.3 is 4.74 Å². The third-order valence-corrected chi connectivity index (χ3v) is 5.79. The molecule has 0 aliphatic rings. The highest BCUT2D eigenvalue weighted by atomic mass is 35.5. The van der Waals surface area contributed by atoms with Crippen molar-refractivity contribution in [1.29, 1.82) is 0 Å². The zero-order valence-corrected chi connectivity index (χ0v) is 17.7. The molecule has 2 rings (SSSR count). The maximum atomic E-state index is 14.3. The van der Waals surface area contributed by atoms with Crippen LogP contribution in [0, 0.1) is 5.82 Å². The van der Waals surface area contributed by atoms with E-state index in [-0.39, 0.29) is 22.9 Å². The first-order valence-corrected chi connectivity index (χ1v) is 10.1. The highest BCUT2D eigenvalue weighted by Gasteiger charge is 2.33. The van der Waals surface area contributed by atoms with Crippen LogP contribution in [0.5, 0.6) is 5.75 Å². The molecule has 0 saturated heterocycles. The van der Waals surface area contributed by atoms with Crippen LogP contribution in [0.25, 0.3) is 0 Å². The molecule has 164 valence electrons. The molecule has 0 aromatic heterocycles. The van der Waals surface area contributed by atoms with E-state index >= 15 is 0 Å². The van der Waals surface area contributed by atoms with Crippen LogP contribution in [0.3, 0.4) is 0 Å². The van der Waals surface area contributed by atoms with E-state index in [1.165, 1.54) is 14.1 Å². The minimum absolute atomic E-state index is 0.0247. The lowest BCUT2D eigenvalue weighted by Crippen LogP contribution is -2.39. The minimum Gasteiger partial charge on any atom is -0.489 e. The second-order valence-electron chi connectivity index (χ2n) is 6.07. The number of hydrogen-bond acceptors (Lipinski definition) is 4. The number of hydrogen-bond donors (Lipinski definition) is 1. The first kappa shape index (κ1) is 24.2. The average molecular weight is 489 g/mol. The van der Waals surface area contributed by atoms with Crippen molar-refractivity contribution in [2.45, 2.75) is 12.8 Å². The number of nitrogens with one attached hydrogen (secondary N) is 1. The lowest BCUT2D eigenvalue weighted by molar-refractivity contribution is -0.137. The molecule has 13 heteroatoms. The van der Waals surface area contributed by atoms with E-state index in [9.17, 15) is 30.8 Å². The standard InChI is InChI=1S/C17H14Cl2F4N2O4S/c1-25(2)30(27,28)24-16(26)11-7-13(18)9(5-15(11)20)8-29-10-3-4-12(14(19)6-10)17(21,22)23/h3-7H,8H2,1-2H3,(H,24,26). The summed E-state index contributed by atoms with van der Waals surface area (Å²) in [5, 5.41) is -0.701. The van der Waals surface area contributed by atoms with Crippen LogP contribution in [-0.2, 0) is 23.0 Å². The third kappa shape index (κ3) is 5.75. The van der Waals surface area contributed by atoms with Crippen molar-refractivity contribution >= 4 is 39.3 Å². The van der Waals surface area contributed by atoms with Gasteiger partial charge in [0, 0.05) is 24.7 Å². The Bertz CT molecular complexity index is 1080. The predicted octanol–water partition coefficient (Wildman–Crippen LogP) is 4.27. The van der Waals surface area contributed by atoms with Crippen molar-refractivity contribution in [3.8, 4) is 5.75 Å². The molecule has 0 bridgehead atoms. The van der Waals surface area contributed by atoms with Gasteiger partial charge in [-0.15, -0.1) is 0 Å². The molecule has 0 heterocycles. The summed E-state index contributed by atoms with van der Waals surface area (Å²) in [6.07, 6.45) is -4.63. The molecule has 0 aliphatic heterocycles. The second kappa shape index (κ2) is 8.96. The van der Waals surface area contributed by atoms with Gasteiger partial charge >= 0.3 is 16.4 Å². The highest BCUT2D eigenvalue weighted by Crippen LogP contribution is 2.36. The Morgan fingerprint density at radius 2 is 1.77 bits per heavy atom. The number of halogens is 6. The second-order valence-corrected chi connectivity index (χ2v) is 8.77. The SMILES string of the molecule is CN(C)S(=O)(=O)NC(=O)c1cc(Cl)c(COc2ccc(C(F)(F)F)c(Cl)c2)cc1F. The summed E-state index contributed by atoms with van der Waals surface area (Å²) in [6.45, 7) is -0.352. The molecule has 0 fully saturated rings. The molecule has 0 spiro atoms. The number of carbonyl (C=O) groups excluding carboxylic acids is 1. The van der Waals surface area contributed by atoms with E-state index in [1.54, 1.807) is 4.72 Å². The van der Waals surface area contributed by atoms with Crippen molar-refractivity contribution in [3.05, 3.63) is 62.9 Å². The molecule has 0 unspecified atom stereocenters. The van der Waals surface area contributed by atoms with Crippen LogP contribution < -0.4 is 9.46 Å². The molecule has 6 nitrogen and oxygen atoms in total. The van der Waals surface area contributed by atoms with E-state index in [2.05, 4.69) is 0 Å². The molecule has 1 amide bonds. The Morgan fingerprint density at radius 1 is 1.13 bits per heavy atom. The molecule has 30 heavy (non-hydrogen) atoms. The van der Waals surface area contributed by atoms with Crippen LogP contribution in [0.15, 0.2) is 30.3 Å². The zero-order valence-electron chi connectivity index (χ0n) is 15.4. The van der Waals surface area contributed by atoms with Crippen molar-refractivity contribution in [2.75, 3.05) is 14.1 Å². The predicted molar refractivity (Wildman–Crippen MR) is 102 cm³/mol. The largest absolute Gasteiger partial charge is 0.489 e. The van der Waals surface area contributed by atoms with Crippen LogP contribution in [0.1, 0.15) is 21.5 Å². The fourth-order valence-electron chi connectivity index (χ4n) is 2.11. The van der Waals surface area contributed by atoms with Gasteiger partial charge in [-0.05, 0) is 30.3 Å². The summed E-state index contributed by atoms with van der Waals surface area (Å²) >= 11 is 11.6. The Kier molecular flexibility index (Phi) is 7.23. The maximum Gasteiger partial charge on any atom is 0.417 e. The number of rotatable bonds is 6. The topological polar surface area (TPSA) is 75.7 Å². The number of alkyl halides is 3. The lowest BCUT2D eigenvalue weighted by Gasteiger charge is -2.14. The van der Waals surface area contributed by atoms with Crippen molar-refractivity contribution < 1.29 is 35.5 Å². The van der Waals surface area contributed by atoms with Gasteiger partial charge in [-0.25, -0.2) is 9.11 Å². The summed E-state index contributed by atoms with van der Waals surface area (Å²) in [4.78, 5) is 12.0. The quantitative estimate of drug-likeness (QED) is 0.616. The monoisotopic (exact) mass is 488 g/mol. The number of carbonyl (C=O) groups is 1. The number of ether oxygens (including phenoxy) is 1. The maximum absolute atomic E-state index is 14.3. The summed E-state index contributed by atoms with van der Waals surface area (Å²) < 4.78 is 83.5. The first-order valence-electron chi connectivity index (χ1n) is 7.94. The van der Waals surface area contributed by atoms with Gasteiger partial charge in [0.15, 0.2) is 0 Å². The zero-order chi connectivity index (χ0) is 22.9. The Morgan fingerprint density at radius 3 is 2.30 bits per heavy atom. The highest BCUT2D eigenvalue weighted by molar-refractivity contribution is 7.87. The molecule has 0 aliphatic carbocycles. The Balaban J connectivity index is 2.18. The number of nitrogens with zero attached hydrogens (tertiary/aromatic N) is 1. The fourth-order valence-corrected chi connectivity index (χ4v) is 3.14. The first-order chi connectivity index (χ1) is 13.7. The van der Waals surface area contributed by atoms with E-state index in [0.717, 1.165) is 34.6 Å². The molecule has 2 aromatic carbocycles. The van der Waals surface area contributed by atoms with Gasteiger partial charge in [0.1, 0.15) is 18.2 Å². The van der Waals surface area contributed by atoms with Gasteiger partial charge in [-0.2, -0.15) is 25.9 Å². The molecule has 0 radical (unpaired) electrons. The van der Waals surface area contributed by atoms with Gasteiger partial charge in [-0.3, -0.25) is 4.79 Å².